The zero-order valence-corrected chi connectivity index (χ0v) is 17.9. The van der Waals surface area contributed by atoms with Crippen molar-refractivity contribution >= 4 is 23.2 Å². The molecule has 0 aromatic heterocycles. The minimum atomic E-state index is -0.621. The lowest BCUT2D eigenvalue weighted by atomic mass is 10.1. The number of halogens is 1. The molecule has 0 spiro atoms. The fourth-order valence-corrected chi connectivity index (χ4v) is 3.86. The Kier molecular flexibility index (Phi) is 6.75. The number of nitrogens with zero attached hydrogens (tertiary/aromatic N) is 1. The summed E-state index contributed by atoms with van der Waals surface area (Å²) >= 11 is 6.34. The van der Waals surface area contributed by atoms with Crippen molar-refractivity contribution < 1.29 is 14.3 Å². The Labute approximate surface area is 187 Å². The molecule has 3 aromatic carbocycles. The fourth-order valence-electron chi connectivity index (χ4n) is 3.66. The minimum Gasteiger partial charge on any atom is -0.493 e. The molecular weight excluding hydrogens is 412 g/mol. The number of ether oxygens (including phenoxy) is 2. The molecule has 3 aromatic rings. The van der Waals surface area contributed by atoms with Gasteiger partial charge in [0.2, 0.25) is 0 Å². The topological polar surface area (TPSA) is 64.8 Å². The van der Waals surface area contributed by atoms with Crippen molar-refractivity contribution in [1.82, 2.24) is 0 Å². The molecule has 1 aliphatic heterocycles. The molecule has 2 N–H and O–H groups in total. The van der Waals surface area contributed by atoms with Gasteiger partial charge in [-0.2, -0.15) is 0 Å². The average Bonchev–Trinajstić information content (AvgIpc) is 2.78. The second-order valence-corrected chi connectivity index (χ2v) is 7.82. The Hall–Kier alpha value is -3.02. The van der Waals surface area contributed by atoms with Gasteiger partial charge in [0.05, 0.1) is 18.8 Å². The highest BCUT2D eigenvalue weighted by molar-refractivity contribution is 6.31. The largest absolute Gasteiger partial charge is 0.493 e. The second kappa shape index (κ2) is 9.86. The van der Waals surface area contributed by atoms with Crippen LogP contribution in [0, 0.1) is 0 Å². The lowest BCUT2D eigenvalue weighted by Crippen LogP contribution is -2.46. The number of benzene rings is 3. The fraction of sp³-hybridized carbons (Fsp3) is 0.240. The molecule has 0 bridgehead atoms. The van der Waals surface area contributed by atoms with Gasteiger partial charge in [-0.1, -0.05) is 54.1 Å². The Bertz CT molecular complexity index is 1060. The van der Waals surface area contributed by atoms with E-state index in [-0.39, 0.29) is 5.91 Å². The molecule has 4 rings (SSSR count). The van der Waals surface area contributed by atoms with Crippen molar-refractivity contribution in [2.75, 3.05) is 18.1 Å². The first kappa shape index (κ1) is 21.2. The van der Waals surface area contributed by atoms with Crippen LogP contribution in [0.15, 0.2) is 72.8 Å². The third kappa shape index (κ3) is 5.01. The van der Waals surface area contributed by atoms with Crippen molar-refractivity contribution in [3.05, 3.63) is 88.9 Å². The zero-order valence-electron chi connectivity index (χ0n) is 17.2. The maximum absolute atomic E-state index is 13.3. The first-order chi connectivity index (χ1) is 15.2. The highest BCUT2D eigenvalue weighted by Gasteiger charge is 2.34. The average molecular weight is 437 g/mol. The molecule has 1 unspecified atom stereocenters. The van der Waals surface area contributed by atoms with Gasteiger partial charge in [0.1, 0.15) is 11.5 Å². The molecule has 1 heterocycles. The van der Waals surface area contributed by atoms with Gasteiger partial charge in [-0.05, 0) is 54.4 Å². The highest BCUT2D eigenvalue weighted by atomic mass is 35.5. The summed E-state index contributed by atoms with van der Waals surface area (Å²) in [6.45, 7) is 1.34. The van der Waals surface area contributed by atoms with E-state index in [1.165, 1.54) is 0 Å². The summed E-state index contributed by atoms with van der Waals surface area (Å²) in [5.41, 5.74) is 8.40. The molecule has 6 heteroatoms. The Balaban J connectivity index is 1.47. The van der Waals surface area contributed by atoms with E-state index in [2.05, 4.69) is 0 Å². The number of anilines is 1. The van der Waals surface area contributed by atoms with Gasteiger partial charge in [0.15, 0.2) is 6.10 Å². The van der Waals surface area contributed by atoms with E-state index in [9.17, 15) is 4.79 Å². The molecule has 0 saturated heterocycles. The smallest absolute Gasteiger partial charge is 0.268 e. The molecule has 0 aliphatic carbocycles. The lowest BCUT2D eigenvalue weighted by Gasteiger charge is -2.34. The van der Waals surface area contributed by atoms with Crippen molar-refractivity contribution in [3.8, 4) is 11.5 Å². The third-order valence-electron chi connectivity index (χ3n) is 5.23. The lowest BCUT2D eigenvalue weighted by molar-refractivity contribution is -0.127. The summed E-state index contributed by atoms with van der Waals surface area (Å²) in [6.07, 6.45) is 0.618. The first-order valence-corrected chi connectivity index (χ1v) is 10.8. The van der Waals surface area contributed by atoms with Crippen LogP contribution in [0.25, 0.3) is 0 Å². The summed E-state index contributed by atoms with van der Waals surface area (Å²) in [6, 6.07) is 23.0. The SMILES string of the molecule is NCCc1cccc(OCCC2Oc3ccccc3N(Cc3ccccc3Cl)C2=O)c1. The second-order valence-electron chi connectivity index (χ2n) is 7.41. The quantitative estimate of drug-likeness (QED) is 0.560. The monoisotopic (exact) mass is 436 g/mol. The van der Waals surface area contributed by atoms with Crippen LogP contribution >= 0.6 is 11.6 Å². The van der Waals surface area contributed by atoms with Crippen LogP contribution < -0.4 is 20.1 Å². The van der Waals surface area contributed by atoms with Crippen molar-refractivity contribution in [2.24, 2.45) is 5.73 Å². The molecule has 5 nitrogen and oxygen atoms in total. The number of amides is 1. The molecular formula is C25H25ClN2O3. The number of para-hydroxylation sites is 2. The summed E-state index contributed by atoms with van der Waals surface area (Å²) in [7, 11) is 0. The summed E-state index contributed by atoms with van der Waals surface area (Å²) in [5.74, 6) is 1.35. The standard InChI is InChI=1S/C25H25ClN2O3/c26-21-9-2-1-7-19(21)17-28-22-10-3-4-11-23(22)31-24(25(28)29)13-15-30-20-8-5-6-18(16-20)12-14-27/h1-11,16,24H,12-15,17,27H2. The summed E-state index contributed by atoms with van der Waals surface area (Å²) < 4.78 is 11.9. The van der Waals surface area contributed by atoms with E-state index in [0.717, 1.165) is 29.0 Å². The van der Waals surface area contributed by atoms with Crippen LogP contribution in [0.2, 0.25) is 5.02 Å². The molecule has 0 radical (unpaired) electrons. The maximum atomic E-state index is 13.3. The van der Waals surface area contributed by atoms with E-state index in [1.807, 2.05) is 72.8 Å². The molecule has 31 heavy (non-hydrogen) atoms. The molecule has 160 valence electrons. The molecule has 1 aliphatic rings. The van der Waals surface area contributed by atoms with Gasteiger partial charge >= 0.3 is 0 Å². The van der Waals surface area contributed by atoms with Gasteiger partial charge in [0.25, 0.3) is 5.91 Å². The van der Waals surface area contributed by atoms with Crippen LogP contribution in [0.4, 0.5) is 5.69 Å². The van der Waals surface area contributed by atoms with E-state index in [1.54, 1.807) is 4.90 Å². The van der Waals surface area contributed by atoms with Crippen LogP contribution in [-0.2, 0) is 17.8 Å². The van der Waals surface area contributed by atoms with Crippen LogP contribution in [0.3, 0.4) is 0 Å². The summed E-state index contributed by atoms with van der Waals surface area (Å²) in [4.78, 5) is 15.0. The van der Waals surface area contributed by atoms with Gasteiger partial charge in [-0.15, -0.1) is 0 Å². The van der Waals surface area contributed by atoms with E-state index >= 15 is 0 Å². The Morgan fingerprint density at radius 2 is 1.84 bits per heavy atom. The Morgan fingerprint density at radius 1 is 1.03 bits per heavy atom. The van der Waals surface area contributed by atoms with E-state index in [0.29, 0.717) is 36.9 Å². The third-order valence-corrected chi connectivity index (χ3v) is 5.60. The van der Waals surface area contributed by atoms with E-state index < -0.39 is 6.10 Å². The zero-order chi connectivity index (χ0) is 21.6. The molecule has 1 amide bonds. The summed E-state index contributed by atoms with van der Waals surface area (Å²) in [5, 5.41) is 0.636. The number of carbonyl (C=O) groups excluding carboxylic acids is 1. The Morgan fingerprint density at radius 3 is 2.68 bits per heavy atom. The predicted molar refractivity (Wildman–Crippen MR) is 123 cm³/mol. The van der Waals surface area contributed by atoms with Crippen LogP contribution in [0.1, 0.15) is 17.5 Å². The number of carbonyl (C=O) groups is 1. The maximum Gasteiger partial charge on any atom is 0.268 e. The van der Waals surface area contributed by atoms with Crippen molar-refractivity contribution in [1.29, 1.82) is 0 Å². The van der Waals surface area contributed by atoms with Crippen molar-refractivity contribution in [3.63, 3.8) is 0 Å². The number of nitrogens with two attached hydrogens (primary N) is 1. The normalized spacial score (nSPS) is 15.4. The van der Waals surface area contributed by atoms with E-state index in [4.69, 9.17) is 26.8 Å². The molecule has 0 saturated carbocycles. The number of hydrogen-bond donors (Lipinski definition) is 1. The van der Waals surface area contributed by atoms with Gasteiger partial charge in [-0.3, -0.25) is 4.79 Å². The van der Waals surface area contributed by atoms with Gasteiger partial charge in [0, 0.05) is 11.4 Å². The molecule has 0 fully saturated rings. The van der Waals surface area contributed by atoms with Gasteiger partial charge in [-0.25, -0.2) is 0 Å². The van der Waals surface area contributed by atoms with Crippen LogP contribution in [-0.4, -0.2) is 25.2 Å². The number of fused-ring (bicyclic) bond motifs is 1. The van der Waals surface area contributed by atoms with Crippen LogP contribution in [0.5, 0.6) is 11.5 Å². The number of rotatable bonds is 8. The predicted octanol–water partition coefficient (Wildman–Crippen LogP) is 4.60. The minimum absolute atomic E-state index is 0.0981. The molecule has 1 atom stereocenters. The first-order valence-electron chi connectivity index (χ1n) is 10.4. The van der Waals surface area contributed by atoms with Gasteiger partial charge < -0.3 is 20.1 Å². The van der Waals surface area contributed by atoms with Crippen molar-refractivity contribution in [2.45, 2.75) is 25.5 Å². The highest BCUT2D eigenvalue weighted by Crippen LogP contribution is 2.36. The number of hydrogen-bond acceptors (Lipinski definition) is 4.